The maximum atomic E-state index is 12.2. The summed E-state index contributed by atoms with van der Waals surface area (Å²) in [5.41, 5.74) is 0.382. The van der Waals surface area contributed by atoms with Crippen LogP contribution in [0, 0.1) is 17.2 Å². The van der Waals surface area contributed by atoms with Gasteiger partial charge in [-0.05, 0) is 32.4 Å². The predicted octanol–water partition coefficient (Wildman–Crippen LogP) is 2.67. The first kappa shape index (κ1) is 13.4. The Kier molecular flexibility index (Phi) is 3.26. The maximum Gasteiger partial charge on any atom is 0.229 e. The summed E-state index contributed by atoms with van der Waals surface area (Å²) in [5.74, 6) is 1.09. The lowest BCUT2D eigenvalue weighted by molar-refractivity contribution is -0.117. The Balaban J connectivity index is 1.70. The van der Waals surface area contributed by atoms with E-state index in [-0.39, 0.29) is 23.8 Å². The van der Waals surface area contributed by atoms with E-state index in [1.54, 1.807) is 17.1 Å². The SMILES string of the molecule is CC(C)n1cc(C#N)c(NC(=O)[C@H]2C[C@H]2c2ccco2)n1. The normalized spacial score (nSPS) is 20.3. The van der Waals surface area contributed by atoms with E-state index in [4.69, 9.17) is 9.68 Å². The highest BCUT2D eigenvalue weighted by molar-refractivity contribution is 5.95. The average molecular weight is 284 g/mol. The first-order chi connectivity index (χ1) is 10.1. The molecule has 21 heavy (non-hydrogen) atoms. The molecule has 0 aliphatic heterocycles. The minimum absolute atomic E-state index is 0.105. The van der Waals surface area contributed by atoms with Crippen LogP contribution in [0.5, 0.6) is 0 Å². The fourth-order valence-electron chi connectivity index (χ4n) is 2.34. The summed E-state index contributed by atoms with van der Waals surface area (Å²) < 4.78 is 6.99. The Morgan fingerprint density at radius 1 is 1.62 bits per heavy atom. The van der Waals surface area contributed by atoms with Crippen LogP contribution in [0.2, 0.25) is 0 Å². The third-order valence-corrected chi connectivity index (χ3v) is 3.66. The van der Waals surface area contributed by atoms with Crippen LogP contribution >= 0.6 is 0 Å². The number of hydrogen-bond acceptors (Lipinski definition) is 4. The molecule has 1 aliphatic rings. The molecule has 6 heteroatoms. The number of nitriles is 1. The smallest absolute Gasteiger partial charge is 0.229 e. The number of nitrogens with zero attached hydrogens (tertiary/aromatic N) is 3. The predicted molar refractivity (Wildman–Crippen MR) is 75.5 cm³/mol. The largest absolute Gasteiger partial charge is 0.469 e. The number of hydrogen-bond donors (Lipinski definition) is 1. The molecule has 1 fully saturated rings. The lowest BCUT2D eigenvalue weighted by atomic mass is 10.2. The van der Waals surface area contributed by atoms with E-state index >= 15 is 0 Å². The summed E-state index contributed by atoms with van der Waals surface area (Å²) in [6, 6.07) is 5.90. The van der Waals surface area contributed by atoms with Gasteiger partial charge in [0.2, 0.25) is 5.91 Å². The molecule has 0 unspecified atom stereocenters. The van der Waals surface area contributed by atoms with Crippen molar-refractivity contribution in [3.8, 4) is 6.07 Å². The third-order valence-electron chi connectivity index (χ3n) is 3.66. The van der Waals surface area contributed by atoms with Crippen LogP contribution in [-0.4, -0.2) is 15.7 Å². The van der Waals surface area contributed by atoms with Gasteiger partial charge in [0.1, 0.15) is 17.4 Å². The lowest BCUT2D eigenvalue weighted by Crippen LogP contribution is -2.16. The molecule has 0 bridgehead atoms. The summed E-state index contributed by atoms with van der Waals surface area (Å²) >= 11 is 0. The molecule has 6 nitrogen and oxygen atoms in total. The molecule has 1 N–H and O–H groups in total. The van der Waals surface area contributed by atoms with Crippen molar-refractivity contribution in [1.29, 1.82) is 5.26 Å². The molecule has 2 aromatic rings. The second-order valence-electron chi connectivity index (χ2n) is 5.53. The van der Waals surface area contributed by atoms with E-state index in [1.165, 1.54) is 0 Å². The van der Waals surface area contributed by atoms with E-state index in [2.05, 4.69) is 16.5 Å². The number of amides is 1. The quantitative estimate of drug-likeness (QED) is 0.935. The van der Waals surface area contributed by atoms with E-state index < -0.39 is 0 Å². The molecule has 2 aromatic heterocycles. The molecule has 1 amide bonds. The minimum Gasteiger partial charge on any atom is -0.469 e. The van der Waals surface area contributed by atoms with Gasteiger partial charge in [-0.1, -0.05) is 0 Å². The zero-order valence-corrected chi connectivity index (χ0v) is 11.9. The molecule has 1 aliphatic carbocycles. The third kappa shape index (κ3) is 2.55. The van der Waals surface area contributed by atoms with E-state index in [0.717, 1.165) is 12.2 Å². The van der Waals surface area contributed by atoms with Crippen molar-refractivity contribution in [2.75, 3.05) is 5.32 Å². The van der Waals surface area contributed by atoms with Crippen molar-refractivity contribution in [2.24, 2.45) is 5.92 Å². The molecule has 2 atom stereocenters. The van der Waals surface area contributed by atoms with Crippen LogP contribution < -0.4 is 5.32 Å². The highest BCUT2D eigenvalue weighted by Crippen LogP contribution is 2.48. The van der Waals surface area contributed by atoms with Gasteiger partial charge >= 0.3 is 0 Å². The van der Waals surface area contributed by atoms with Gasteiger partial charge < -0.3 is 9.73 Å². The summed E-state index contributed by atoms with van der Waals surface area (Å²) in [4.78, 5) is 12.2. The van der Waals surface area contributed by atoms with Crippen LogP contribution in [0.15, 0.2) is 29.0 Å². The van der Waals surface area contributed by atoms with Gasteiger partial charge in [0.15, 0.2) is 5.82 Å². The summed E-state index contributed by atoms with van der Waals surface area (Å²) in [5, 5.41) is 16.1. The first-order valence-electron chi connectivity index (χ1n) is 6.93. The van der Waals surface area contributed by atoms with Crippen molar-refractivity contribution < 1.29 is 9.21 Å². The van der Waals surface area contributed by atoms with E-state index in [9.17, 15) is 4.79 Å². The summed E-state index contributed by atoms with van der Waals surface area (Å²) in [6.07, 6.45) is 4.03. The first-order valence-corrected chi connectivity index (χ1v) is 6.93. The molecule has 1 saturated carbocycles. The lowest BCUT2D eigenvalue weighted by Gasteiger charge is -2.04. The minimum atomic E-state index is -0.109. The maximum absolute atomic E-state index is 12.2. The average Bonchev–Trinajstić information content (AvgIpc) is 2.89. The highest BCUT2D eigenvalue weighted by atomic mass is 16.3. The van der Waals surface area contributed by atoms with Crippen molar-refractivity contribution in [1.82, 2.24) is 9.78 Å². The van der Waals surface area contributed by atoms with Gasteiger partial charge in [0.25, 0.3) is 0 Å². The fourth-order valence-corrected chi connectivity index (χ4v) is 2.34. The van der Waals surface area contributed by atoms with Crippen LogP contribution in [0.25, 0.3) is 0 Å². The second kappa shape index (κ2) is 5.09. The fraction of sp³-hybridized carbons (Fsp3) is 0.400. The number of carbonyl (C=O) groups is 1. The van der Waals surface area contributed by atoms with Crippen molar-refractivity contribution in [2.45, 2.75) is 32.2 Å². The summed E-state index contributed by atoms with van der Waals surface area (Å²) in [7, 11) is 0. The Morgan fingerprint density at radius 3 is 3.05 bits per heavy atom. The van der Waals surface area contributed by atoms with E-state index in [1.807, 2.05) is 26.0 Å². The van der Waals surface area contributed by atoms with Crippen LogP contribution in [0.1, 0.15) is 43.6 Å². The Morgan fingerprint density at radius 2 is 2.43 bits per heavy atom. The topological polar surface area (TPSA) is 83.9 Å². The van der Waals surface area contributed by atoms with Gasteiger partial charge in [0.05, 0.1) is 6.26 Å². The van der Waals surface area contributed by atoms with Crippen LogP contribution in [0.3, 0.4) is 0 Å². The molecule has 0 radical (unpaired) electrons. The van der Waals surface area contributed by atoms with Gasteiger partial charge in [-0.15, -0.1) is 0 Å². The molecule has 0 spiro atoms. The Labute approximate surface area is 122 Å². The molecule has 3 rings (SSSR count). The molecule has 108 valence electrons. The van der Waals surface area contributed by atoms with Crippen molar-refractivity contribution in [3.05, 3.63) is 35.9 Å². The molecule has 0 aromatic carbocycles. The number of furan rings is 1. The van der Waals surface area contributed by atoms with Gasteiger partial charge in [-0.25, -0.2) is 0 Å². The molecule has 0 saturated heterocycles. The standard InChI is InChI=1S/C15H16N4O2/c1-9(2)19-8-10(7-16)14(18-19)17-15(20)12-6-11(12)13-4-3-5-21-13/h3-5,8-9,11-12H,6H2,1-2H3,(H,17,18,20)/t11-,12+/m1/s1. The summed E-state index contributed by atoms with van der Waals surface area (Å²) in [6.45, 7) is 3.93. The number of nitrogens with one attached hydrogen (secondary N) is 1. The van der Waals surface area contributed by atoms with Crippen LogP contribution in [-0.2, 0) is 4.79 Å². The number of carbonyl (C=O) groups excluding carboxylic acids is 1. The monoisotopic (exact) mass is 284 g/mol. The van der Waals surface area contributed by atoms with E-state index in [0.29, 0.717) is 11.4 Å². The van der Waals surface area contributed by atoms with Crippen molar-refractivity contribution in [3.63, 3.8) is 0 Å². The molecular formula is C15H16N4O2. The second-order valence-corrected chi connectivity index (χ2v) is 5.53. The zero-order valence-electron chi connectivity index (χ0n) is 11.9. The number of rotatable bonds is 4. The van der Waals surface area contributed by atoms with Gasteiger partial charge in [-0.2, -0.15) is 10.4 Å². The van der Waals surface area contributed by atoms with Gasteiger partial charge in [-0.3, -0.25) is 9.48 Å². The Hall–Kier alpha value is -2.55. The number of aromatic nitrogens is 2. The van der Waals surface area contributed by atoms with Gasteiger partial charge in [0, 0.05) is 24.1 Å². The zero-order chi connectivity index (χ0) is 15.0. The molecule has 2 heterocycles. The van der Waals surface area contributed by atoms with Crippen molar-refractivity contribution >= 4 is 11.7 Å². The van der Waals surface area contributed by atoms with Crippen LogP contribution in [0.4, 0.5) is 5.82 Å². The Bertz CT molecular complexity index is 694. The highest BCUT2D eigenvalue weighted by Gasteiger charge is 2.46. The number of anilines is 1. The molecular weight excluding hydrogens is 268 g/mol.